The molecule has 0 aromatic heterocycles. The Morgan fingerprint density at radius 1 is 1.42 bits per heavy atom. The molecule has 4 nitrogen and oxygen atoms in total. The lowest BCUT2D eigenvalue weighted by Gasteiger charge is -2.28. The molecule has 104 valence electrons. The molecule has 0 bridgehead atoms. The predicted octanol–water partition coefficient (Wildman–Crippen LogP) is 2.25. The Kier molecular flexibility index (Phi) is 5.55. The number of phenolic OH excluding ortho intramolecular Hbond substituents is 1. The molecule has 1 aromatic rings. The molecule has 19 heavy (non-hydrogen) atoms. The van der Waals surface area contributed by atoms with Crippen molar-refractivity contribution < 1.29 is 14.2 Å². The van der Waals surface area contributed by atoms with E-state index in [1.807, 2.05) is 6.07 Å². The summed E-state index contributed by atoms with van der Waals surface area (Å²) >= 11 is 0. The molecule has 6 heteroatoms. The Morgan fingerprint density at radius 3 is 2.63 bits per heavy atom. The molecule has 0 amide bonds. The van der Waals surface area contributed by atoms with Crippen molar-refractivity contribution in [1.29, 1.82) is 5.26 Å². The number of phenols is 1. The molecule has 0 spiro atoms. The van der Waals surface area contributed by atoms with E-state index < -0.39 is 17.6 Å². The number of nitriles is 1. The molecule has 0 unspecified atom stereocenters. The maximum absolute atomic E-state index is 13.5. The van der Waals surface area contributed by atoms with Crippen LogP contribution in [0.15, 0.2) is 12.1 Å². The van der Waals surface area contributed by atoms with E-state index in [0.29, 0.717) is 18.8 Å². The summed E-state index contributed by atoms with van der Waals surface area (Å²) in [5.41, 5.74) is 6.54. The van der Waals surface area contributed by atoms with Gasteiger partial charge in [0.05, 0.1) is 11.6 Å². The van der Waals surface area contributed by atoms with Gasteiger partial charge in [0.15, 0.2) is 11.6 Å². The average molecular weight is 287 g/mol. The van der Waals surface area contributed by atoms with E-state index in [0.717, 1.165) is 18.9 Å². The van der Waals surface area contributed by atoms with Gasteiger partial charge in [-0.2, -0.15) is 5.26 Å². The number of halogens is 2. The van der Waals surface area contributed by atoms with Gasteiger partial charge >= 0.3 is 0 Å². The quantitative estimate of drug-likeness (QED) is 0.874. The third-order valence-electron chi connectivity index (χ3n) is 3.35. The van der Waals surface area contributed by atoms with Gasteiger partial charge < -0.3 is 15.6 Å². The van der Waals surface area contributed by atoms with E-state index in [9.17, 15) is 9.50 Å². The first kappa shape index (κ1) is 15.7. The molecule has 3 N–H and O–H groups in total. The smallest absolute Gasteiger partial charge is 0.166 e. The zero-order chi connectivity index (χ0) is 13.1. The minimum Gasteiger partial charge on any atom is -0.505 e. The lowest BCUT2D eigenvalue weighted by Crippen LogP contribution is -2.27. The van der Waals surface area contributed by atoms with Crippen LogP contribution in [0, 0.1) is 23.1 Å². The van der Waals surface area contributed by atoms with E-state index in [2.05, 4.69) is 0 Å². The maximum atomic E-state index is 13.5. The molecule has 1 atom stereocenters. The van der Waals surface area contributed by atoms with Gasteiger partial charge in [0.25, 0.3) is 0 Å². The third-order valence-corrected chi connectivity index (χ3v) is 3.35. The number of hydrogen-bond acceptors (Lipinski definition) is 4. The number of ether oxygens (including phenoxy) is 1. The van der Waals surface area contributed by atoms with Gasteiger partial charge in [-0.15, -0.1) is 12.4 Å². The topological polar surface area (TPSA) is 79.3 Å². The van der Waals surface area contributed by atoms with Crippen LogP contribution in [0.2, 0.25) is 0 Å². The molecule has 0 aliphatic carbocycles. The van der Waals surface area contributed by atoms with Gasteiger partial charge in [-0.25, -0.2) is 4.39 Å². The molecular formula is C13H16ClFN2O2. The highest BCUT2D eigenvalue weighted by Gasteiger charge is 2.25. The molecule has 2 rings (SSSR count). The van der Waals surface area contributed by atoms with Crippen molar-refractivity contribution in [1.82, 2.24) is 0 Å². The molecule has 1 fully saturated rings. The Labute approximate surface area is 117 Å². The minimum atomic E-state index is -0.799. The number of aromatic hydroxyl groups is 1. The predicted molar refractivity (Wildman–Crippen MR) is 70.5 cm³/mol. The van der Waals surface area contributed by atoms with Crippen LogP contribution in [0.4, 0.5) is 4.39 Å². The van der Waals surface area contributed by atoms with Crippen molar-refractivity contribution in [3.63, 3.8) is 0 Å². The molecule has 0 saturated carbocycles. The zero-order valence-corrected chi connectivity index (χ0v) is 11.1. The second-order valence-electron chi connectivity index (χ2n) is 4.48. The van der Waals surface area contributed by atoms with E-state index >= 15 is 0 Å². The second-order valence-corrected chi connectivity index (χ2v) is 4.48. The van der Waals surface area contributed by atoms with Crippen LogP contribution >= 0.6 is 12.4 Å². The Morgan fingerprint density at radius 2 is 2.05 bits per heavy atom. The van der Waals surface area contributed by atoms with Crippen molar-refractivity contribution in [3.8, 4) is 11.8 Å². The summed E-state index contributed by atoms with van der Waals surface area (Å²) in [6, 6.07) is 3.85. The van der Waals surface area contributed by atoms with Crippen LogP contribution in [0.1, 0.15) is 30.0 Å². The summed E-state index contributed by atoms with van der Waals surface area (Å²) in [7, 11) is 0. The summed E-state index contributed by atoms with van der Waals surface area (Å²) in [6.45, 7) is 1.25. The summed E-state index contributed by atoms with van der Waals surface area (Å²) in [4.78, 5) is 0. The zero-order valence-electron chi connectivity index (χ0n) is 10.3. The first-order chi connectivity index (χ1) is 8.63. The second kappa shape index (κ2) is 6.71. The summed E-state index contributed by atoms with van der Waals surface area (Å²) in [5, 5.41) is 18.5. The number of nitrogens with zero attached hydrogens (tertiary/aromatic N) is 1. The highest BCUT2D eigenvalue weighted by Crippen LogP contribution is 2.34. The van der Waals surface area contributed by atoms with Gasteiger partial charge in [0.1, 0.15) is 0 Å². The van der Waals surface area contributed by atoms with Crippen molar-refractivity contribution in [2.45, 2.75) is 18.9 Å². The molecule has 1 heterocycles. The molecule has 1 saturated heterocycles. The normalized spacial score (nSPS) is 17.3. The van der Waals surface area contributed by atoms with Crippen molar-refractivity contribution in [2.75, 3.05) is 13.2 Å². The van der Waals surface area contributed by atoms with E-state index in [-0.39, 0.29) is 23.9 Å². The van der Waals surface area contributed by atoms with Crippen LogP contribution in [0.5, 0.6) is 5.75 Å². The standard InChI is InChI=1S/C13H15FN2O2.ClH/c14-11-6-8(7-15)5-10(13(11)17)12(16)9-1-3-18-4-2-9;/h5-6,9,12,17H,1-4,16H2;1H/t12-;/m0./s1. The summed E-state index contributed by atoms with van der Waals surface area (Å²) in [6.07, 6.45) is 1.55. The van der Waals surface area contributed by atoms with Gasteiger partial charge in [0, 0.05) is 24.8 Å². The Hall–Kier alpha value is -1.35. The van der Waals surface area contributed by atoms with Crippen LogP contribution < -0.4 is 5.73 Å². The largest absolute Gasteiger partial charge is 0.505 e. The first-order valence-corrected chi connectivity index (χ1v) is 5.89. The van der Waals surface area contributed by atoms with Gasteiger partial charge in [-0.05, 0) is 30.9 Å². The van der Waals surface area contributed by atoms with Crippen molar-refractivity contribution in [3.05, 3.63) is 29.1 Å². The number of rotatable bonds is 2. The SMILES string of the molecule is Cl.N#Cc1cc(F)c(O)c([C@@H](N)C2CCOCC2)c1. The Bertz CT molecular complexity index is 484. The Balaban J connectivity index is 0.00000180. The molecular weight excluding hydrogens is 271 g/mol. The van der Waals surface area contributed by atoms with Crippen LogP contribution in [-0.4, -0.2) is 18.3 Å². The van der Waals surface area contributed by atoms with Gasteiger partial charge in [-0.1, -0.05) is 0 Å². The van der Waals surface area contributed by atoms with Crippen molar-refractivity contribution in [2.24, 2.45) is 11.7 Å². The lowest BCUT2D eigenvalue weighted by molar-refractivity contribution is 0.0580. The highest BCUT2D eigenvalue weighted by molar-refractivity contribution is 5.85. The van der Waals surface area contributed by atoms with Gasteiger partial charge in [0.2, 0.25) is 0 Å². The van der Waals surface area contributed by atoms with Crippen LogP contribution in [0.25, 0.3) is 0 Å². The molecule has 1 aliphatic heterocycles. The monoisotopic (exact) mass is 286 g/mol. The maximum Gasteiger partial charge on any atom is 0.166 e. The molecule has 1 aromatic carbocycles. The minimum absolute atomic E-state index is 0. The van der Waals surface area contributed by atoms with E-state index in [1.54, 1.807) is 0 Å². The average Bonchev–Trinajstić information content (AvgIpc) is 2.42. The molecule has 0 radical (unpaired) electrons. The number of benzene rings is 1. The van der Waals surface area contributed by atoms with E-state index in [4.69, 9.17) is 15.7 Å². The fraction of sp³-hybridized carbons (Fsp3) is 0.462. The first-order valence-electron chi connectivity index (χ1n) is 5.89. The number of hydrogen-bond donors (Lipinski definition) is 2. The fourth-order valence-electron chi connectivity index (χ4n) is 2.27. The van der Waals surface area contributed by atoms with Gasteiger partial charge in [-0.3, -0.25) is 0 Å². The lowest BCUT2D eigenvalue weighted by atomic mass is 9.87. The fourth-order valence-corrected chi connectivity index (χ4v) is 2.27. The van der Waals surface area contributed by atoms with E-state index in [1.165, 1.54) is 6.07 Å². The van der Waals surface area contributed by atoms with Crippen molar-refractivity contribution >= 4 is 12.4 Å². The third kappa shape index (κ3) is 3.35. The summed E-state index contributed by atoms with van der Waals surface area (Å²) in [5.74, 6) is -1.11. The number of nitrogens with two attached hydrogens (primary N) is 1. The molecule has 1 aliphatic rings. The van der Waals surface area contributed by atoms with Crippen LogP contribution in [-0.2, 0) is 4.74 Å². The highest BCUT2D eigenvalue weighted by atomic mass is 35.5. The summed E-state index contributed by atoms with van der Waals surface area (Å²) < 4.78 is 18.7. The van der Waals surface area contributed by atoms with Crippen LogP contribution in [0.3, 0.4) is 0 Å².